The van der Waals surface area contributed by atoms with E-state index < -0.39 is 5.41 Å². The quantitative estimate of drug-likeness (QED) is 0.758. The molecule has 0 saturated heterocycles. The molecule has 0 aromatic heterocycles. The molecule has 0 heterocycles. The summed E-state index contributed by atoms with van der Waals surface area (Å²) in [5.41, 5.74) is 0.624. The molecule has 0 unspecified atom stereocenters. The maximum atomic E-state index is 12.5. The highest BCUT2D eigenvalue weighted by atomic mass is 16.5. The lowest BCUT2D eigenvalue weighted by molar-refractivity contribution is -0.148. The van der Waals surface area contributed by atoms with Crippen LogP contribution in [0.2, 0.25) is 0 Å². The van der Waals surface area contributed by atoms with Crippen LogP contribution in [-0.4, -0.2) is 37.0 Å². The van der Waals surface area contributed by atoms with E-state index in [2.05, 4.69) is 0 Å². The van der Waals surface area contributed by atoms with Crippen LogP contribution >= 0.6 is 0 Å². The van der Waals surface area contributed by atoms with Crippen LogP contribution < -0.4 is 0 Å². The normalized spacial score (nSPS) is 15.7. The summed E-state index contributed by atoms with van der Waals surface area (Å²) >= 11 is 0. The van der Waals surface area contributed by atoms with Crippen molar-refractivity contribution in [2.75, 3.05) is 20.2 Å². The summed E-state index contributed by atoms with van der Waals surface area (Å²) < 4.78 is 4.87. The van der Waals surface area contributed by atoms with E-state index >= 15 is 0 Å². The van der Waals surface area contributed by atoms with Crippen molar-refractivity contribution in [2.45, 2.75) is 25.2 Å². The fraction of sp³-hybridized carbons (Fsp3) is 0.467. The Labute approximate surface area is 113 Å². The zero-order valence-corrected chi connectivity index (χ0v) is 11.4. The third-order valence-electron chi connectivity index (χ3n) is 3.50. The molecule has 0 N–H and O–H groups in total. The van der Waals surface area contributed by atoms with Gasteiger partial charge in [0.25, 0.3) is 0 Å². The smallest absolute Gasteiger partial charge is 0.325 e. The molecule has 4 heteroatoms. The Morgan fingerprint density at radius 1 is 1.26 bits per heavy atom. The molecule has 1 saturated carbocycles. The lowest BCUT2D eigenvalue weighted by atomic mass is 9.94. The Morgan fingerprint density at radius 3 is 2.42 bits per heavy atom. The molecule has 1 aromatic carbocycles. The van der Waals surface area contributed by atoms with Crippen molar-refractivity contribution >= 4 is 11.9 Å². The van der Waals surface area contributed by atoms with E-state index in [1.54, 1.807) is 14.0 Å². The maximum Gasteiger partial charge on any atom is 0.325 e. The number of hydrogen-bond donors (Lipinski definition) is 0. The number of carbonyl (C=O) groups is 2. The van der Waals surface area contributed by atoms with Gasteiger partial charge in [-0.1, -0.05) is 30.3 Å². The van der Waals surface area contributed by atoms with Crippen molar-refractivity contribution in [3.63, 3.8) is 0 Å². The number of amides is 1. The summed E-state index contributed by atoms with van der Waals surface area (Å²) in [6.45, 7) is 2.11. The molecule has 0 atom stereocenters. The van der Waals surface area contributed by atoms with Gasteiger partial charge in [-0.05, 0) is 25.3 Å². The van der Waals surface area contributed by atoms with Gasteiger partial charge in [-0.15, -0.1) is 0 Å². The monoisotopic (exact) mass is 261 g/mol. The topological polar surface area (TPSA) is 46.6 Å². The number of rotatable bonds is 5. The highest BCUT2D eigenvalue weighted by molar-refractivity contribution is 5.93. The number of hydrogen-bond acceptors (Lipinski definition) is 3. The van der Waals surface area contributed by atoms with Crippen LogP contribution in [0.1, 0.15) is 25.3 Å². The van der Waals surface area contributed by atoms with E-state index in [-0.39, 0.29) is 18.4 Å². The van der Waals surface area contributed by atoms with Crippen molar-refractivity contribution in [3.8, 4) is 0 Å². The van der Waals surface area contributed by atoms with Crippen LogP contribution in [0.25, 0.3) is 0 Å². The van der Waals surface area contributed by atoms with Gasteiger partial charge in [0.1, 0.15) is 6.54 Å². The molecule has 0 spiro atoms. The second kappa shape index (κ2) is 5.43. The van der Waals surface area contributed by atoms with Gasteiger partial charge in [-0.2, -0.15) is 0 Å². The van der Waals surface area contributed by atoms with Crippen LogP contribution in [-0.2, 0) is 19.7 Å². The largest absolute Gasteiger partial charge is 0.465 e. The minimum atomic E-state index is -0.414. The minimum absolute atomic E-state index is 0.00625. The lowest BCUT2D eigenvalue weighted by Gasteiger charge is -2.23. The molecule has 0 radical (unpaired) electrons. The van der Waals surface area contributed by atoms with Gasteiger partial charge < -0.3 is 9.64 Å². The fourth-order valence-electron chi connectivity index (χ4n) is 2.35. The number of esters is 1. The number of ether oxygens (including phenoxy) is 1. The van der Waals surface area contributed by atoms with Crippen LogP contribution in [0.5, 0.6) is 0 Å². The Hall–Kier alpha value is -1.84. The number of likely N-dealkylation sites (N-methyl/N-ethyl adjacent to an activating group) is 1. The maximum absolute atomic E-state index is 12.5. The summed E-state index contributed by atoms with van der Waals surface area (Å²) in [6, 6.07) is 9.76. The SMILES string of the molecule is CCOC(=O)CN(C)C(=O)C1(c2ccccc2)CC1. The standard InChI is InChI=1S/C15H19NO3/c1-3-19-13(17)11-16(2)14(18)15(9-10-15)12-7-5-4-6-8-12/h4-8H,3,9-11H2,1-2H3. The molecule has 0 aliphatic heterocycles. The third kappa shape index (κ3) is 2.78. The molecule has 1 fully saturated rings. The zero-order valence-electron chi connectivity index (χ0n) is 11.4. The molecule has 0 bridgehead atoms. The average molecular weight is 261 g/mol. The third-order valence-corrected chi connectivity index (χ3v) is 3.50. The predicted octanol–water partition coefficient (Wildman–Crippen LogP) is 1.74. The van der Waals surface area contributed by atoms with Gasteiger partial charge in [0.2, 0.25) is 5.91 Å². The molecule has 1 aliphatic carbocycles. The molecule has 1 amide bonds. The van der Waals surface area contributed by atoms with Gasteiger partial charge in [-0.3, -0.25) is 9.59 Å². The van der Waals surface area contributed by atoms with Crippen molar-refractivity contribution in [3.05, 3.63) is 35.9 Å². The van der Waals surface area contributed by atoms with Gasteiger partial charge >= 0.3 is 5.97 Å². The van der Waals surface area contributed by atoms with E-state index in [0.717, 1.165) is 18.4 Å². The molecular formula is C15H19NO3. The van der Waals surface area contributed by atoms with Crippen molar-refractivity contribution < 1.29 is 14.3 Å². The van der Waals surface area contributed by atoms with E-state index in [0.29, 0.717) is 6.61 Å². The van der Waals surface area contributed by atoms with Crippen LogP contribution in [0, 0.1) is 0 Å². The summed E-state index contributed by atoms with van der Waals surface area (Å²) in [6.07, 6.45) is 1.70. The highest BCUT2D eigenvalue weighted by Gasteiger charge is 2.52. The number of nitrogens with zero attached hydrogens (tertiary/aromatic N) is 1. The van der Waals surface area contributed by atoms with E-state index in [9.17, 15) is 9.59 Å². The van der Waals surface area contributed by atoms with Crippen molar-refractivity contribution in [2.24, 2.45) is 0 Å². The molecule has 102 valence electrons. The Morgan fingerprint density at radius 2 is 1.89 bits per heavy atom. The van der Waals surface area contributed by atoms with Crippen LogP contribution in [0.3, 0.4) is 0 Å². The van der Waals surface area contributed by atoms with Crippen LogP contribution in [0.4, 0.5) is 0 Å². The summed E-state index contributed by atoms with van der Waals surface area (Å²) in [4.78, 5) is 25.4. The lowest BCUT2D eigenvalue weighted by Crippen LogP contribution is -2.40. The first-order valence-electron chi connectivity index (χ1n) is 6.57. The second-order valence-corrected chi connectivity index (χ2v) is 4.91. The number of benzene rings is 1. The molecule has 1 aliphatic rings. The summed E-state index contributed by atoms with van der Waals surface area (Å²) in [5, 5.41) is 0. The second-order valence-electron chi connectivity index (χ2n) is 4.91. The Bertz CT molecular complexity index is 466. The molecule has 4 nitrogen and oxygen atoms in total. The zero-order chi connectivity index (χ0) is 13.9. The van der Waals surface area contributed by atoms with Gasteiger partial charge in [-0.25, -0.2) is 0 Å². The molecule has 1 aromatic rings. The molecule has 2 rings (SSSR count). The van der Waals surface area contributed by atoms with Crippen LogP contribution in [0.15, 0.2) is 30.3 Å². The van der Waals surface area contributed by atoms with Crippen molar-refractivity contribution in [1.82, 2.24) is 4.90 Å². The van der Waals surface area contributed by atoms with E-state index in [1.165, 1.54) is 4.90 Å². The van der Waals surface area contributed by atoms with E-state index in [4.69, 9.17) is 4.74 Å². The Kier molecular flexibility index (Phi) is 3.88. The summed E-state index contributed by atoms with van der Waals surface area (Å²) in [5.74, 6) is -0.353. The van der Waals surface area contributed by atoms with Gasteiger partial charge in [0.15, 0.2) is 0 Å². The molecular weight excluding hydrogens is 242 g/mol. The first-order valence-corrected chi connectivity index (χ1v) is 6.57. The first-order chi connectivity index (χ1) is 9.10. The average Bonchev–Trinajstić information content (AvgIpc) is 3.20. The minimum Gasteiger partial charge on any atom is -0.465 e. The predicted molar refractivity (Wildman–Crippen MR) is 71.6 cm³/mol. The number of carbonyl (C=O) groups excluding carboxylic acids is 2. The first kappa shape index (κ1) is 13.6. The molecule has 19 heavy (non-hydrogen) atoms. The fourth-order valence-corrected chi connectivity index (χ4v) is 2.35. The highest BCUT2D eigenvalue weighted by Crippen LogP contribution is 2.49. The van der Waals surface area contributed by atoms with E-state index in [1.807, 2.05) is 30.3 Å². The van der Waals surface area contributed by atoms with Crippen molar-refractivity contribution in [1.29, 1.82) is 0 Å². The summed E-state index contributed by atoms with van der Waals surface area (Å²) in [7, 11) is 1.66. The van der Waals surface area contributed by atoms with Gasteiger partial charge in [0.05, 0.1) is 12.0 Å². The van der Waals surface area contributed by atoms with Gasteiger partial charge in [0, 0.05) is 7.05 Å². The Balaban J connectivity index is 2.05.